The number of hydrogen-bond donors (Lipinski definition) is 1. The van der Waals surface area contributed by atoms with Gasteiger partial charge in [-0.25, -0.2) is 8.42 Å². The molecular weight excluding hydrogens is 510 g/mol. The van der Waals surface area contributed by atoms with Gasteiger partial charge < -0.3 is 10.2 Å². The average Bonchev–Trinajstić information content (AvgIpc) is 2.88. The van der Waals surface area contributed by atoms with Crippen molar-refractivity contribution in [2.75, 3.05) is 17.4 Å². The van der Waals surface area contributed by atoms with Crippen LogP contribution in [0.2, 0.25) is 5.02 Å². The molecular formula is C28H32ClN3O4S. The van der Waals surface area contributed by atoms with Crippen LogP contribution in [0.25, 0.3) is 0 Å². The fourth-order valence-corrected chi connectivity index (χ4v) is 5.38. The van der Waals surface area contributed by atoms with Crippen LogP contribution in [0, 0.1) is 13.8 Å². The maximum Gasteiger partial charge on any atom is 0.264 e. The van der Waals surface area contributed by atoms with Gasteiger partial charge in [-0.05, 0) is 63.1 Å². The van der Waals surface area contributed by atoms with E-state index in [9.17, 15) is 18.0 Å². The van der Waals surface area contributed by atoms with Crippen molar-refractivity contribution >= 4 is 39.1 Å². The molecule has 9 heteroatoms. The minimum atomic E-state index is -4.12. The summed E-state index contributed by atoms with van der Waals surface area (Å²) in [6.07, 6.45) is 0. The molecule has 0 saturated carbocycles. The Kier molecular flexibility index (Phi) is 9.34. The summed E-state index contributed by atoms with van der Waals surface area (Å²) in [6, 6.07) is 19.6. The molecule has 196 valence electrons. The van der Waals surface area contributed by atoms with Gasteiger partial charge in [0.25, 0.3) is 10.0 Å². The number of hydrogen-bond acceptors (Lipinski definition) is 4. The molecule has 1 atom stereocenters. The molecule has 3 aromatic rings. The number of aryl methyl sites for hydroxylation is 2. The van der Waals surface area contributed by atoms with Crippen LogP contribution >= 0.6 is 11.6 Å². The van der Waals surface area contributed by atoms with Gasteiger partial charge in [0.15, 0.2) is 0 Å². The van der Waals surface area contributed by atoms with Crippen molar-refractivity contribution < 1.29 is 18.0 Å². The van der Waals surface area contributed by atoms with Crippen LogP contribution in [-0.2, 0) is 26.2 Å². The Morgan fingerprint density at radius 2 is 1.62 bits per heavy atom. The summed E-state index contributed by atoms with van der Waals surface area (Å²) in [5.41, 5.74) is 2.93. The molecule has 2 amide bonds. The smallest absolute Gasteiger partial charge is 0.264 e. The Balaban J connectivity index is 2.03. The van der Waals surface area contributed by atoms with Gasteiger partial charge in [-0.15, -0.1) is 0 Å². The van der Waals surface area contributed by atoms with E-state index in [0.29, 0.717) is 11.6 Å². The molecule has 0 spiro atoms. The third-order valence-corrected chi connectivity index (χ3v) is 8.24. The predicted molar refractivity (Wildman–Crippen MR) is 147 cm³/mol. The molecule has 0 aliphatic heterocycles. The number of sulfonamides is 1. The monoisotopic (exact) mass is 541 g/mol. The number of nitrogens with one attached hydrogen (secondary N) is 1. The SMILES string of the molecule is CCNC(=O)[C@@H](C)N(Cc1ccc(C)cc1)C(=O)CN(c1ccc(C)c(Cl)c1)S(=O)(=O)c1ccccc1. The lowest BCUT2D eigenvalue weighted by molar-refractivity contribution is -0.139. The molecule has 0 unspecified atom stereocenters. The highest BCUT2D eigenvalue weighted by molar-refractivity contribution is 7.92. The highest BCUT2D eigenvalue weighted by atomic mass is 35.5. The maximum absolute atomic E-state index is 13.8. The van der Waals surface area contributed by atoms with E-state index in [1.165, 1.54) is 23.1 Å². The summed E-state index contributed by atoms with van der Waals surface area (Å²) in [7, 11) is -4.12. The molecule has 3 rings (SSSR count). The van der Waals surface area contributed by atoms with E-state index in [-0.39, 0.29) is 23.0 Å². The summed E-state index contributed by atoms with van der Waals surface area (Å²) < 4.78 is 28.5. The van der Waals surface area contributed by atoms with Gasteiger partial charge in [-0.2, -0.15) is 0 Å². The van der Waals surface area contributed by atoms with Crippen molar-refractivity contribution in [3.8, 4) is 0 Å². The van der Waals surface area contributed by atoms with Crippen molar-refractivity contribution in [3.05, 3.63) is 94.5 Å². The van der Waals surface area contributed by atoms with Gasteiger partial charge in [0.2, 0.25) is 11.8 Å². The quantitative estimate of drug-likeness (QED) is 0.403. The zero-order valence-corrected chi connectivity index (χ0v) is 23.0. The fourth-order valence-electron chi connectivity index (χ4n) is 3.78. The number of halogens is 1. The predicted octanol–water partition coefficient (Wildman–Crippen LogP) is 4.71. The second kappa shape index (κ2) is 12.3. The zero-order chi connectivity index (χ0) is 27.2. The molecule has 0 saturated heterocycles. The van der Waals surface area contributed by atoms with E-state index in [0.717, 1.165) is 21.0 Å². The molecule has 3 aromatic carbocycles. The van der Waals surface area contributed by atoms with E-state index in [1.54, 1.807) is 44.2 Å². The second-order valence-corrected chi connectivity index (χ2v) is 11.1. The number of rotatable bonds is 10. The molecule has 37 heavy (non-hydrogen) atoms. The molecule has 0 aliphatic carbocycles. The lowest BCUT2D eigenvalue weighted by Crippen LogP contribution is -2.51. The molecule has 0 aromatic heterocycles. The first-order chi connectivity index (χ1) is 17.5. The Morgan fingerprint density at radius 1 is 0.973 bits per heavy atom. The van der Waals surface area contributed by atoms with Crippen LogP contribution in [0.5, 0.6) is 0 Å². The number of nitrogens with zero attached hydrogens (tertiary/aromatic N) is 2. The number of amides is 2. The molecule has 0 bridgehead atoms. The van der Waals surface area contributed by atoms with Crippen LogP contribution in [0.4, 0.5) is 5.69 Å². The highest BCUT2D eigenvalue weighted by Crippen LogP contribution is 2.28. The van der Waals surface area contributed by atoms with Crippen LogP contribution < -0.4 is 9.62 Å². The normalized spacial score (nSPS) is 12.0. The highest BCUT2D eigenvalue weighted by Gasteiger charge is 2.32. The van der Waals surface area contributed by atoms with Crippen molar-refractivity contribution in [1.29, 1.82) is 0 Å². The van der Waals surface area contributed by atoms with Gasteiger partial charge in [0.1, 0.15) is 12.6 Å². The lowest BCUT2D eigenvalue weighted by atomic mass is 10.1. The first-order valence-corrected chi connectivity index (χ1v) is 13.8. The number of benzene rings is 3. The van der Waals surface area contributed by atoms with Gasteiger partial charge in [-0.1, -0.05) is 65.7 Å². The van der Waals surface area contributed by atoms with Crippen LogP contribution in [0.1, 0.15) is 30.5 Å². The van der Waals surface area contributed by atoms with Crippen molar-refractivity contribution in [1.82, 2.24) is 10.2 Å². The number of carbonyl (C=O) groups excluding carboxylic acids is 2. The Hall–Kier alpha value is -3.36. The minimum absolute atomic E-state index is 0.0429. The summed E-state index contributed by atoms with van der Waals surface area (Å²) in [6.45, 7) is 7.25. The van der Waals surface area contributed by atoms with Gasteiger partial charge >= 0.3 is 0 Å². The molecule has 0 heterocycles. The Morgan fingerprint density at radius 3 is 2.22 bits per heavy atom. The molecule has 1 N–H and O–H groups in total. The van der Waals surface area contributed by atoms with Crippen LogP contribution in [-0.4, -0.2) is 44.3 Å². The van der Waals surface area contributed by atoms with Gasteiger partial charge in [0, 0.05) is 18.1 Å². The first-order valence-electron chi connectivity index (χ1n) is 12.0. The molecule has 0 radical (unpaired) electrons. The number of anilines is 1. The molecule has 7 nitrogen and oxygen atoms in total. The third kappa shape index (κ3) is 6.90. The maximum atomic E-state index is 13.8. The minimum Gasteiger partial charge on any atom is -0.355 e. The summed E-state index contributed by atoms with van der Waals surface area (Å²) in [4.78, 5) is 28.0. The van der Waals surface area contributed by atoms with E-state index in [2.05, 4.69) is 5.32 Å². The topological polar surface area (TPSA) is 86.8 Å². The molecule has 0 aliphatic rings. The van der Waals surface area contributed by atoms with Crippen molar-refractivity contribution in [2.45, 2.75) is 45.2 Å². The van der Waals surface area contributed by atoms with E-state index < -0.39 is 28.5 Å². The Bertz CT molecular complexity index is 1350. The Labute approximate surface area is 224 Å². The van der Waals surface area contributed by atoms with Gasteiger partial charge in [0.05, 0.1) is 10.6 Å². The van der Waals surface area contributed by atoms with E-state index in [1.807, 2.05) is 38.1 Å². The lowest BCUT2D eigenvalue weighted by Gasteiger charge is -2.32. The van der Waals surface area contributed by atoms with Crippen LogP contribution in [0.3, 0.4) is 0 Å². The number of carbonyl (C=O) groups is 2. The first kappa shape index (κ1) is 28.2. The largest absolute Gasteiger partial charge is 0.355 e. The van der Waals surface area contributed by atoms with Crippen LogP contribution in [0.15, 0.2) is 77.7 Å². The summed E-state index contributed by atoms with van der Waals surface area (Å²) >= 11 is 6.33. The number of likely N-dealkylation sites (N-methyl/N-ethyl adjacent to an activating group) is 1. The van der Waals surface area contributed by atoms with Gasteiger partial charge in [-0.3, -0.25) is 13.9 Å². The van der Waals surface area contributed by atoms with Crippen molar-refractivity contribution in [3.63, 3.8) is 0 Å². The third-order valence-electron chi connectivity index (χ3n) is 6.05. The summed E-state index contributed by atoms with van der Waals surface area (Å²) in [5.74, 6) is -0.839. The molecule has 0 fully saturated rings. The zero-order valence-electron chi connectivity index (χ0n) is 21.4. The summed E-state index contributed by atoms with van der Waals surface area (Å²) in [5, 5.41) is 3.13. The standard InChI is InChI=1S/C28H32ClN3O4S/c1-5-30-28(34)22(4)31(18-23-14-11-20(2)12-15-23)27(33)19-32(24-16-13-21(3)26(29)17-24)37(35,36)25-9-7-6-8-10-25/h6-17,22H,5,18-19H2,1-4H3,(H,30,34)/t22-/m1/s1. The van der Waals surface area contributed by atoms with E-state index >= 15 is 0 Å². The average molecular weight is 542 g/mol. The van der Waals surface area contributed by atoms with E-state index in [4.69, 9.17) is 11.6 Å². The fraction of sp³-hybridized carbons (Fsp3) is 0.286. The second-order valence-electron chi connectivity index (χ2n) is 8.84. The van der Waals surface area contributed by atoms with Crippen molar-refractivity contribution in [2.24, 2.45) is 0 Å².